The molecule has 13 nitrogen and oxygen atoms in total. The highest BCUT2D eigenvalue weighted by molar-refractivity contribution is 8.01. The maximum Gasteiger partial charge on any atom is 0.352 e. The normalized spacial score (nSPS) is 22.7. The van der Waals surface area contributed by atoms with Gasteiger partial charge in [-0.05, 0) is 27.4 Å². The zero-order valence-corrected chi connectivity index (χ0v) is 19.6. The number of hydrogen-bond donors (Lipinski definition) is 3. The number of thiophene rings is 1. The van der Waals surface area contributed by atoms with Crippen LogP contribution in [-0.2, 0) is 26.2 Å². The van der Waals surface area contributed by atoms with E-state index in [0.717, 1.165) is 4.90 Å². The van der Waals surface area contributed by atoms with Crippen LogP contribution in [0.15, 0.2) is 39.1 Å². The second kappa shape index (κ2) is 9.12. The number of oxime groups is 1. The summed E-state index contributed by atoms with van der Waals surface area (Å²) in [5.41, 5.74) is -1.74. The van der Waals surface area contributed by atoms with Crippen LogP contribution in [0.25, 0.3) is 0 Å². The van der Waals surface area contributed by atoms with E-state index in [9.17, 15) is 24.7 Å². The summed E-state index contributed by atoms with van der Waals surface area (Å²) < 4.78 is 6.87. The van der Waals surface area contributed by atoms with Crippen LogP contribution < -0.4 is 5.32 Å². The Kier molecular flexibility index (Phi) is 6.42. The molecule has 0 unspecified atom stereocenters. The number of tetrazole rings is 1. The molecule has 2 aromatic heterocycles. The lowest BCUT2D eigenvalue weighted by molar-refractivity contribution is -0.191. The average Bonchev–Trinajstić information content (AvgIpc) is 3.47. The van der Waals surface area contributed by atoms with Crippen LogP contribution in [0.3, 0.4) is 0 Å². The fraction of sp³-hybridized carbons (Fsp3) is 0.353. The zero-order chi connectivity index (χ0) is 23.8. The average molecular weight is 512 g/mol. The zero-order valence-electron chi connectivity index (χ0n) is 17.2. The highest BCUT2D eigenvalue weighted by Crippen LogP contribution is 2.47. The smallest absolute Gasteiger partial charge is 0.352 e. The van der Waals surface area contributed by atoms with Gasteiger partial charge in [0.15, 0.2) is 5.71 Å². The van der Waals surface area contributed by atoms with Crippen LogP contribution >= 0.6 is 34.9 Å². The number of thioether (sulfide) groups is 2. The van der Waals surface area contributed by atoms with Crippen molar-refractivity contribution in [2.75, 3.05) is 18.6 Å². The third-order valence-electron chi connectivity index (χ3n) is 4.96. The molecule has 1 saturated heterocycles. The lowest BCUT2D eigenvalue weighted by Gasteiger charge is -2.55. The number of aryl methyl sites for hydroxylation is 1. The van der Waals surface area contributed by atoms with Crippen molar-refractivity contribution < 1.29 is 29.4 Å². The third-order valence-corrected chi connectivity index (χ3v) is 8.31. The van der Waals surface area contributed by atoms with Gasteiger partial charge in [-0.25, -0.2) is 9.48 Å². The number of ether oxygens (including phenoxy) is 1. The van der Waals surface area contributed by atoms with E-state index in [4.69, 9.17) is 4.74 Å². The standard InChI is InChI=1S/C17H17N7O6S3/c1-23-16(19-21-22-23)33-7-8-6-32-15-17(30-2,14(28)24(15)11(8)13(26)27)18-12(25)10(20-29)9-4-3-5-31-9/h3-5,15,29H,6-7H2,1-2H3,(H,18,25)(H,26,27)/b20-10+/t15-,17+/m1/s1. The number of carbonyl (C=O) groups is 3. The summed E-state index contributed by atoms with van der Waals surface area (Å²) in [4.78, 5) is 39.5. The van der Waals surface area contributed by atoms with E-state index in [1.165, 1.54) is 46.7 Å². The minimum Gasteiger partial charge on any atom is -0.477 e. The maximum absolute atomic E-state index is 13.2. The topological polar surface area (TPSA) is 172 Å². The van der Waals surface area contributed by atoms with Crippen molar-refractivity contribution in [3.63, 3.8) is 0 Å². The first-order valence-corrected chi connectivity index (χ1v) is 12.1. The molecule has 0 radical (unpaired) electrons. The number of hydrogen-bond acceptors (Lipinski definition) is 12. The Morgan fingerprint density at radius 2 is 2.27 bits per heavy atom. The lowest BCUT2D eigenvalue weighted by atomic mass is 9.98. The number of carboxylic acid groups (broad SMARTS) is 1. The molecule has 2 aromatic rings. The van der Waals surface area contributed by atoms with Crippen molar-refractivity contribution in [2.45, 2.75) is 16.3 Å². The van der Waals surface area contributed by atoms with Gasteiger partial charge in [-0.1, -0.05) is 23.0 Å². The Hall–Kier alpha value is -2.95. The first-order chi connectivity index (χ1) is 15.8. The number of aliphatic carboxylic acids is 1. The molecule has 33 heavy (non-hydrogen) atoms. The Balaban J connectivity index is 1.57. The number of methoxy groups -OCH3 is 1. The van der Waals surface area contributed by atoms with Crippen LogP contribution in [0.5, 0.6) is 0 Å². The van der Waals surface area contributed by atoms with Crippen LogP contribution in [0.2, 0.25) is 0 Å². The van der Waals surface area contributed by atoms with E-state index < -0.39 is 28.9 Å². The van der Waals surface area contributed by atoms with Gasteiger partial charge in [-0.15, -0.1) is 28.2 Å². The Labute approximate surface area is 198 Å². The van der Waals surface area contributed by atoms with Gasteiger partial charge in [0, 0.05) is 25.7 Å². The fourth-order valence-electron chi connectivity index (χ4n) is 3.40. The number of fused-ring (bicyclic) bond motifs is 1. The van der Waals surface area contributed by atoms with Gasteiger partial charge in [-0.2, -0.15) is 0 Å². The molecule has 16 heteroatoms. The van der Waals surface area contributed by atoms with Crippen molar-refractivity contribution in [1.29, 1.82) is 0 Å². The number of nitrogens with zero attached hydrogens (tertiary/aromatic N) is 6. The molecular formula is C17H17N7O6S3. The fourth-order valence-corrected chi connectivity index (χ4v) is 6.53. The van der Waals surface area contributed by atoms with Crippen molar-refractivity contribution in [2.24, 2.45) is 12.2 Å². The highest BCUT2D eigenvalue weighted by atomic mass is 32.2. The second-order valence-electron chi connectivity index (χ2n) is 6.79. The number of carboxylic acids is 1. The summed E-state index contributed by atoms with van der Waals surface area (Å²) in [6.07, 6.45) is 0. The first-order valence-electron chi connectivity index (χ1n) is 9.23. The number of β-lactam (4-membered cyclic amide) rings is 1. The minimum absolute atomic E-state index is 0.164. The number of aromatic nitrogens is 4. The SMILES string of the molecule is CO[C@@]1(NC(=O)/C(=N/O)c2cccs2)C(=O)N2C(C(=O)O)=C(CSc3nnnn3C)CS[C@@H]21. The molecule has 174 valence electrons. The predicted molar refractivity (Wildman–Crippen MR) is 118 cm³/mol. The van der Waals surface area contributed by atoms with Crippen molar-refractivity contribution in [3.05, 3.63) is 33.7 Å². The molecule has 0 aromatic carbocycles. The summed E-state index contributed by atoms with van der Waals surface area (Å²) in [5, 5.41) is 37.2. The largest absolute Gasteiger partial charge is 0.477 e. The van der Waals surface area contributed by atoms with Gasteiger partial charge >= 0.3 is 5.97 Å². The molecule has 4 heterocycles. The van der Waals surface area contributed by atoms with Crippen molar-refractivity contribution in [1.82, 2.24) is 30.4 Å². The van der Waals surface area contributed by atoms with E-state index in [1.54, 1.807) is 24.6 Å². The molecule has 1 fully saturated rings. The van der Waals surface area contributed by atoms with Gasteiger partial charge in [0.1, 0.15) is 11.1 Å². The van der Waals surface area contributed by atoms with E-state index >= 15 is 0 Å². The quantitative estimate of drug-likeness (QED) is 0.108. The van der Waals surface area contributed by atoms with Gasteiger partial charge in [0.05, 0.1) is 4.88 Å². The number of rotatable bonds is 8. The number of amides is 2. The van der Waals surface area contributed by atoms with Gasteiger partial charge in [0.25, 0.3) is 17.5 Å². The summed E-state index contributed by atoms with van der Waals surface area (Å²) in [6.45, 7) is 0. The van der Waals surface area contributed by atoms with E-state index in [1.807, 2.05) is 0 Å². The van der Waals surface area contributed by atoms with Crippen LogP contribution in [0, 0.1) is 0 Å². The van der Waals surface area contributed by atoms with Crippen LogP contribution in [0.1, 0.15) is 4.88 Å². The summed E-state index contributed by atoms with van der Waals surface area (Å²) in [5.74, 6) is -2.30. The number of nitrogens with one attached hydrogen (secondary N) is 1. The number of carbonyl (C=O) groups excluding carboxylic acids is 2. The first kappa shape index (κ1) is 23.2. The lowest BCUT2D eigenvalue weighted by Crippen LogP contribution is -2.81. The monoisotopic (exact) mass is 511 g/mol. The van der Waals surface area contributed by atoms with Crippen LogP contribution in [0.4, 0.5) is 0 Å². The maximum atomic E-state index is 13.2. The van der Waals surface area contributed by atoms with E-state index in [0.29, 0.717) is 15.6 Å². The Bertz CT molecular complexity index is 1160. The molecule has 2 aliphatic rings. The molecule has 0 spiro atoms. The Morgan fingerprint density at radius 1 is 1.48 bits per heavy atom. The highest BCUT2D eigenvalue weighted by Gasteiger charge is 2.66. The van der Waals surface area contributed by atoms with E-state index in [-0.39, 0.29) is 22.9 Å². The molecule has 2 amide bonds. The minimum atomic E-state index is -1.80. The summed E-state index contributed by atoms with van der Waals surface area (Å²) >= 11 is 3.67. The van der Waals surface area contributed by atoms with Crippen LogP contribution in [-0.4, -0.2) is 88.6 Å². The molecule has 0 aliphatic carbocycles. The summed E-state index contributed by atoms with van der Waals surface area (Å²) in [6, 6.07) is 3.27. The Morgan fingerprint density at radius 3 is 2.85 bits per heavy atom. The van der Waals surface area contributed by atoms with Crippen molar-refractivity contribution in [3.8, 4) is 0 Å². The van der Waals surface area contributed by atoms with Gasteiger partial charge < -0.3 is 20.4 Å². The molecular weight excluding hydrogens is 494 g/mol. The molecule has 0 bridgehead atoms. The molecule has 2 atom stereocenters. The van der Waals surface area contributed by atoms with E-state index in [2.05, 4.69) is 26.0 Å². The summed E-state index contributed by atoms with van der Waals surface area (Å²) in [7, 11) is 2.91. The molecule has 0 saturated carbocycles. The van der Waals surface area contributed by atoms with Crippen molar-refractivity contribution >= 4 is 58.4 Å². The predicted octanol–water partition coefficient (Wildman–Crippen LogP) is -0.0451. The van der Waals surface area contributed by atoms with Gasteiger partial charge in [-0.3, -0.25) is 14.5 Å². The third kappa shape index (κ3) is 3.88. The molecule has 4 rings (SSSR count). The second-order valence-corrected chi connectivity index (χ2v) is 9.75. The van der Waals surface area contributed by atoms with Gasteiger partial charge in [0.2, 0.25) is 5.16 Å². The molecule has 3 N–H and O–H groups in total. The molecule has 2 aliphatic heterocycles.